The molecule has 1 aliphatic heterocycles. The third-order valence-electron chi connectivity index (χ3n) is 3.20. The minimum absolute atomic E-state index is 0.463. The number of thiazole rings is 1. The van der Waals surface area contributed by atoms with Crippen molar-refractivity contribution in [2.45, 2.75) is 0 Å². The highest BCUT2D eigenvalue weighted by molar-refractivity contribution is 7.13. The van der Waals surface area contributed by atoms with Crippen molar-refractivity contribution in [1.29, 1.82) is 5.26 Å². The Labute approximate surface area is 115 Å². The molecule has 1 saturated heterocycles. The molecule has 0 aliphatic carbocycles. The summed E-state index contributed by atoms with van der Waals surface area (Å²) in [5.74, 6) is 0. The molecule has 0 aromatic carbocycles. The second-order valence-corrected chi connectivity index (χ2v) is 5.18. The summed E-state index contributed by atoms with van der Waals surface area (Å²) in [6, 6.07) is 5.77. The van der Waals surface area contributed by atoms with Crippen LogP contribution < -0.4 is 9.80 Å². The van der Waals surface area contributed by atoms with E-state index in [1.807, 2.05) is 23.7 Å². The van der Waals surface area contributed by atoms with E-state index < -0.39 is 0 Å². The molecule has 0 atom stereocenters. The molecule has 5 nitrogen and oxygen atoms in total. The minimum atomic E-state index is 0.463. The van der Waals surface area contributed by atoms with Gasteiger partial charge in [-0.25, -0.2) is 9.97 Å². The molecule has 0 unspecified atom stereocenters. The fourth-order valence-electron chi connectivity index (χ4n) is 2.17. The maximum Gasteiger partial charge on any atom is 0.185 e. The number of anilines is 2. The van der Waals surface area contributed by atoms with E-state index in [2.05, 4.69) is 19.8 Å². The highest BCUT2D eigenvalue weighted by Crippen LogP contribution is 2.21. The number of hydrogen-bond donors (Lipinski definition) is 0. The molecule has 2 aromatic rings. The second-order valence-electron chi connectivity index (χ2n) is 4.30. The number of nitriles is 1. The highest BCUT2D eigenvalue weighted by atomic mass is 32.1. The fourth-order valence-corrected chi connectivity index (χ4v) is 2.86. The van der Waals surface area contributed by atoms with E-state index in [9.17, 15) is 0 Å². The van der Waals surface area contributed by atoms with Gasteiger partial charge in [-0.2, -0.15) is 5.26 Å². The first kappa shape index (κ1) is 11.9. The first-order chi connectivity index (χ1) is 9.36. The van der Waals surface area contributed by atoms with Gasteiger partial charge in [-0.1, -0.05) is 0 Å². The van der Waals surface area contributed by atoms with Gasteiger partial charge in [0.05, 0.1) is 11.9 Å². The molecule has 0 spiro atoms. The van der Waals surface area contributed by atoms with E-state index in [0.717, 1.165) is 37.0 Å². The maximum absolute atomic E-state index is 8.74. The molecule has 3 heterocycles. The van der Waals surface area contributed by atoms with E-state index in [0.29, 0.717) is 5.69 Å². The van der Waals surface area contributed by atoms with Gasteiger partial charge < -0.3 is 9.80 Å². The highest BCUT2D eigenvalue weighted by Gasteiger charge is 2.18. The lowest BCUT2D eigenvalue weighted by atomic mass is 10.2. The van der Waals surface area contributed by atoms with Gasteiger partial charge in [0.25, 0.3) is 0 Å². The van der Waals surface area contributed by atoms with E-state index in [1.54, 1.807) is 23.6 Å². The van der Waals surface area contributed by atoms with E-state index in [1.165, 1.54) is 0 Å². The van der Waals surface area contributed by atoms with Crippen LogP contribution in [0.3, 0.4) is 0 Å². The molecule has 0 bridgehead atoms. The zero-order valence-corrected chi connectivity index (χ0v) is 11.2. The molecule has 2 aromatic heterocycles. The Bertz CT molecular complexity index is 564. The van der Waals surface area contributed by atoms with Crippen molar-refractivity contribution in [3.05, 3.63) is 35.6 Å². The lowest BCUT2D eigenvalue weighted by molar-refractivity contribution is 0.651. The molecule has 0 radical (unpaired) electrons. The van der Waals surface area contributed by atoms with Crippen molar-refractivity contribution in [2.75, 3.05) is 36.0 Å². The lowest BCUT2D eigenvalue weighted by Crippen LogP contribution is -2.46. The van der Waals surface area contributed by atoms with Crippen molar-refractivity contribution < 1.29 is 0 Å². The topological polar surface area (TPSA) is 56.1 Å². The van der Waals surface area contributed by atoms with Gasteiger partial charge in [0.1, 0.15) is 11.8 Å². The number of rotatable bonds is 2. The SMILES string of the molecule is N#Cc1ccc(N2CCN(c3nccs3)CC2)cn1. The first-order valence-electron chi connectivity index (χ1n) is 6.12. The van der Waals surface area contributed by atoms with Gasteiger partial charge in [0, 0.05) is 37.8 Å². The molecular weight excluding hydrogens is 258 g/mol. The zero-order chi connectivity index (χ0) is 13.1. The van der Waals surface area contributed by atoms with Crippen LogP contribution in [-0.4, -0.2) is 36.1 Å². The summed E-state index contributed by atoms with van der Waals surface area (Å²) in [6.45, 7) is 3.83. The van der Waals surface area contributed by atoms with Crippen LogP contribution in [0.2, 0.25) is 0 Å². The van der Waals surface area contributed by atoms with E-state index >= 15 is 0 Å². The van der Waals surface area contributed by atoms with E-state index in [4.69, 9.17) is 5.26 Å². The molecule has 1 fully saturated rings. The molecule has 19 heavy (non-hydrogen) atoms. The predicted molar refractivity (Wildman–Crippen MR) is 75.5 cm³/mol. The van der Waals surface area contributed by atoms with Gasteiger partial charge in [0.2, 0.25) is 0 Å². The first-order valence-corrected chi connectivity index (χ1v) is 7.00. The number of nitrogens with zero attached hydrogens (tertiary/aromatic N) is 5. The van der Waals surface area contributed by atoms with Crippen LogP contribution in [0.4, 0.5) is 10.8 Å². The van der Waals surface area contributed by atoms with Crippen molar-refractivity contribution >= 4 is 22.2 Å². The van der Waals surface area contributed by atoms with Gasteiger partial charge in [-0.05, 0) is 12.1 Å². The van der Waals surface area contributed by atoms with Crippen LogP contribution in [0.15, 0.2) is 29.9 Å². The van der Waals surface area contributed by atoms with Gasteiger partial charge in [-0.3, -0.25) is 0 Å². The van der Waals surface area contributed by atoms with Crippen LogP contribution >= 0.6 is 11.3 Å². The number of piperazine rings is 1. The monoisotopic (exact) mass is 271 g/mol. The predicted octanol–water partition coefficient (Wildman–Crippen LogP) is 1.74. The largest absolute Gasteiger partial charge is 0.367 e. The van der Waals surface area contributed by atoms with Crippen molar-refractivity contribution in [1.82, 2.24) is 9.97 Å². The molecule has 0 saturated carbocycles. The molecule has 0 amide bonds. The Hall–Kier alpha value is -2.13. The summed E-state index contributed by atoms with van der Waals surface area (Å²) in [6.07, 6.45) is 3.62. The van der Waals surface area contributed by atoms with Crippen LogP contribution in [0.5, 0.6) is 0 Å². The lowest BCUT2D eigenvalue weighted by Gasteiger charge is -2.35. The fraction of sp³-hybridized carbons (Fsp3) is 0.308. The Kier molecular flexibility index (Phi) is 3.29. The van der Waals surface area contributed by atoms with E-state index in [-0.39, 0.29) is 0 Å². The Morgan fingerprint density at radius 3 is 2.47 bits per heavy atom. The van der Waals surface area contributed by atoms with Gasteiger partial charge >= 0.3 is 0 Å². The Morgan fingerprint density at radius 2 is 1.89 bits per heavy atom. The molecular formula is C13H13N5S. The van der Waals surface area contributed by atoms with Gasteiger partial charge in [-0.15, -0.1) is 11.3 Å². The third kappa shape index (κ3) is 2.51. The summed E-state index contributed by atoms with van der Waals surface area (Å²) in [5, 5.41) is 11.8. The second kappa shape index (κ2) is 5.24. The van der Waals surface area contributed by atoms with Crippen molar-refractivity contribution in [2.24, 2.45) is 0 Å². The van der Waals surface area contributed by atoms with Crippen LogP contribution in [-0.2, 0) is 0 Å². The standard InChI is InChI=1S/C13H13N5S/c14-9-11-1-2-12(10-16-11)17-4-6-18(7-5-17)13-15-3-8-19-13/h1-3,8,10H,4-7H2. The van der Waals surface area contributed by atoms with Crippen LogP contribution in [0.25, 0.3) is 0 Å². The summed E-state index contributed by atoms with van der Waals surface area (Å²) in [7, 11) is 0. The molecule has 0 N–H and O–H groups in total. The minimum Gasteiger partial charge on any atom is -0.367 e. The van der Waals surface area contributed by atoms with Crippen molar-refractivity contribution in [3.63, 3.8) is 0 Å². The maximum atomic E-state index is 8.74. The average Bonchev–Trinajstić information content (AvgIpc) is 3.02. The number of hydrogen-bond acceptors (Lipinski definition) is 6. The average molecular weight is 271 g/mol. The smallest absolute Gasteiger partial charge is 0.185 e. The summed E-state index contributed by atoms with van der Waals surface area (Å²) in [4.78, 5) is 13.0. The normalized spacial score (nSPS) is 15.3. The Morgan fingerprint density at radius 1 is 1.11 bits per heavy atom. The third-order valence-corrected chi connectivity index (χ3v) is 4.03. The molecule has 3 rings (SSSR count). The summed E-state index contributed by atoms with van der Waals surface area (Å²) >= 11 is 1.68. The molecule has 1 aliphatic rings. The van der Waals surface area contributed by atoms with Gasteiger partial charge in [0.15, 0.2) is 5.13 Å². The van der Waals surface area contributed by atoms with Crippen LogP contribution in [0, 0.1) is 11.3 Å². The zero-order valence-electron chi connectivity index (χ0n) is 10.4. The molecule has 96 valence electrons. The summed E-state index contributed by atoms with van der Waals surface area (Å²) < 4.78 is 0. The number of pyridine rings is 1. The van der Waals surface area contributed by atoms with Crippen LogP contribution in [0.1, 0.15) is 5.69 Å². The Balaban J connectivity index is 1.65. The summed E-state index contributed by atoms with van der Waals surface area (Å²) in [5.41, 5.74) is 1.54. The molecule has 6 heteroatoms. The van der Waals surface area contributed by atoms with Crippen molar-refractivity contribution in [3.8, 4) is 6.07 Å². The number of aromatic nitrogens is 2. The quantitative estimate of drug-likeness (QED) is 0.832.